The van der Waals surface area contributed by atoms with Crippen molar-refractivity contribution in [2.75, 3.05) is 13.2 Å². The van der Waals surface area contributed by atoms with Crippen LogP contribution in [0.4, 0.5) is 0 Å². The van der Waals surface area contributed by atoms with Gasteiger partial charge in [-0.25, -0.2) is 4.98 Å². The maximum absolute atomic E-state index is 5.87. The summed E-state index contributed by atoms with van der Waals surface area (Å²) in [6.07, 6.45) is 6.67. The zero-order chi connectivity index (χ0) is 13.3. The Bertz CT molecular complexity index is 430. The van der Waals surface area contributed by atoms with E-state index < -0.39 is 0 Å². The van der Waals surface area contributed by atoms with E-state index in [2.05, 4.69) is 24.1 Å². The van der Waals surface area contributed by atoms with Crippen LogP contribution in [0.25, 0.3) is 0 Å². The molecule has 2 atom stereocenters. The Balaban J connectivity index is 1.63. The van der Waals surface area contributed by atoms with Crippen molar-refractivity contribution in [2.24, 2.45) is 5.41 Å². The first-order valence-corrected chi connectivity index (χ1v) is 8.31. The van der Waals surface area contributed by atoms with Gasteiger partial charge < -0.3 is 10.1 Å². The summed E-state index contributed by atoms with van der Waals surface area (Å²) in [6.45, 7) is 6.42. The van der Waals surface area contributed by atoms with E-state index in [0.29, 0.717) is 11.5 Å². The molecule has 0 amide bonds. The summed E-state index contributed by atoms with van der Waals surface area (Å²) in [6, 6.07) is 0.787. The Morgan fingerprint density at radius 3 is 2.95 bits per heavy atom. The Kier molecular flexibility index (Phi) is 3.92. The van der Waals surface area contributed by atoms with E-state index in [-0.39, 0.29) is 0 Å². The van der Waals surface area contributed by atoms with Crippen LogP contribution < -0.4 is 5.32 Å². The van der Waals surface area contributed by atoms with Gasteiger partial charge >= 0.3 is 0 Å². The molecule has 1 saturated carbocycles. The van der Waals surface area contributed by atoms with Gasteiger partial charge in [0.1, 0.15) is 0 Å². The summed E-state index contributed by atoms with van der Waals surface area (Å²) in [7, 11) is 0. The lowest BCUT2D eigenvalue weighted by Crippen LogP contribution is -2.40. The average molecular weight is 280 g/mol. The second-order valence-corrected chi connectivity index (χ2v) is 7.08. The van der Waals surface area contributed by atoms with Gasteiger partial charge in [-0.15, -0.1) is 11.3 Å². The lowest BCUT2D eigenvalue weighted by Gasteiger charge is -2.32. The van der Waals surface area contributed by atoms with Crippen LogP contribution in [0, 0.1) is 12.3 Å². The minimum atomic E-state index is 0.332. The van der Waals surface area contributed by atoms with E-state index in [1.165, 1.54) is 36.3 Å². The quantitative estimate of drug-likeness (QED) is 0.870. The van der Waals surface area contributed by atoms with Crippen molar-refractivity contribution in [3.63, 3.8) is 0 Å². The summed E-state index contributed by atoms with van der Waals surface area (Å²) in [5, 5.41) is 3.72. The van der Waals surface area contributed by atoms with E-state index >= 15 is 0 Å². The Labute approximate surface area is 119 Å². The normalized spacial score (nSPS) is 30.9. The third-order valence-electron chi connectivity index (χ3n) is 4.85. The second kappa shape index (κ2) is 5.51. The molecular weight excluding hydrogens is 256 g/mol. The standard InChI is InChI=1S/C15H24N2OS/c1-11-14(19-10-17-11)5-6-15(7-8-18-12(15)2)9-16-13-3-4-13/h10,12-13,16H,3-9H2,1-2H3. The number of nitrogens with one attached hydrogen (secondary N) is 1. The number of thiazole rings is 1. The van der Waals surface area contributed by atoms with E-state index in [4.69, 9.17) is 4.74 Å². The Morgan fingerprint density at radius 1 is 1.53 bits per heavy atom. The SMILES string of the molecule is Cc1ncsc1CCC1(CNC2CC2)CCOC1C. The van der Waals surface area contributed by atoms with Crippen LogP contribution in [0.2, 0.25) is 0 Å². The van der Waals surface area contributed by atoms with Crippen LogP contribution >= 0.6 is 11.3 Å². The first-order chi connectivity index (χ1) is 9.20. The van der Waals surface area contributed by atoms with Gasteiger partial charge in [0.15, 0.2) is 0 Å². The van der Waals surface area contributed by atoms with Crippen molar-refractivity contribution >= 4 is 11.3 Å². The molecule has 106 valence electrons. The van der Waals surface area contributed by atoms with Gasteiger partial charge in [-0.2, -0.15) is 0 Å². The third-order valence-corrected chi connectivity index (χ3v) is 5.84. The molecule has 0 radical (unpaired) electrons. The fourth-order valence-electron chi connectivity index (χ4n) is 3.03. The molecule has 3 nitrogen and oxygen atoms in total. The number of rotatable bonds is 6. The highest BCUT2D eigenvalue weighted by atomic mass is 32.1. The highest BCUT2D eigenvalue weighted by Gasteiger charge is 2.41. The molecule has 4 heteroatoms. The minimum absolute atomic E-state index is 0.332. The van der Waals surface area contributed by atoms with Crippen LogP contribution in [-0.4, -0.2) is 30.3 Å². The number of ether oxygens (including phenoxy) is 1. The summed E-state index contributed by atoms with van der Waals surface area (Å²) in [5.74, 6) is 0. The highest BCUT2D eigenvalue weighted by Crippen LogP contribution is 2.40. The smallest absolute Gasteiger partial charge is 0.0797 e. The van der Waals surface area contributed by atoms with Crippen molar-refractivity contribution < 1.29 is 4.74 Å². The van der Waals surface area contributed by atoms with Crippen LogP contribution in [0.5, 0.6) is 0 Å². The summed E-state index contributed by atoms with van der Waals surface area (Å²) < 4.78 is 5.87. The molecular formula is C15H24N2OS. The van der Waals surface area contributed by atoms with Gasteiger partial charge in [0.05, 0.1) is 17.3 Å². The monoisotopic (exact) mass is 280 g/mol. The molecule has 1 aliphatic carbocycles. The number of nitrogens with zero attached hydrogens (tertiary/aromatic N) is 1. The minimum Gasteiger partial charge on any atom is -0.378 e. The van der Waals surface area contributed by atoms with Crippen molar-refractivity contribution in [3.05, 3.63) is 16.1 Å². The number of aromatic nitrogens is 1. The topological polar surface area (TPSA) is 34.2 Å². The average Bonchev–Trinajstić information content (AvgIpc) is 3.04. The molecule has 1 saturated heterocycles. The van der Waals surface area contributed by atoms with Crippen molar-refractivity contribution in [3.8, 4) is 0 Å². The third kappa shape index (κ3) is 3.01. The fourth-order valence-corrected chi connectivity index (χ4v) is 3.81. The molecule has 2 heterocycles. The van der Waals surface area contributed by atoms with Gasteiger partial charge in [-0.3, -0.25) is 0 Å². The second-order valence-electron chi connectivity index (χ2n) is 6.14. The molecule has 1 aromatic rings. The van der Waals surface area contributed by atoms with Gasteiger partial charge in [-0.1, -0.05) is 0 Å². The lowest BCUT2D eigenvalue weighted by molar-refractivity contribution is 0.0585. The molecule has 2 unspecified atom stereocenters. The summed E-state index contributed by atoms with van der Waals surface area (Å²) >= 11 is 1.80. The van der Waals surface area contributed by atoms with Gasteiger partial charge in [0, 0.05) is 29.5 Å². The first-order valence-electron chi connectivity index (χ1n) is 7.43. The highest BCUT2D eigenvalue weighted by molar-refractivity contribution is 7.09. The first kappa shape index (κ1) is 13.5. The molecule has 0 spiro atoms. The van der Waals surface area contributed by atoms with Gasteiger partial charge in [0.2, 0.25) is 0 Å². The van der Waals surface area contributed by atoms with Crippen LogP contribution in [0.1, 0.15) is 43.2 Å². The molecule has 19 heavy (non-hydrogen) atoms. The summed E-state index contributed by atoms with van der Waals surface area (Å²) in [5.41, 5.74) is 3.51. The number of hydrogen-bond donors (Lipinski definition) is 1. The van der Waals surface area contributed by atoms with Crippen molar-refractivity contribution in [1.29, 1.82) is 0 Å². The maximum Gasteiger partial charge on any atom is 0.0797 e. The number of aryl methyl sites for hydroxylation is 2. The Hall–Kier alpha value is -0.450. The molecule has 1 aliphatic heterocycles. The molecule has 1 N–H and O–H groups in total. The molecule has 3 rings (SSSR count). The molecule has 2 aliphatic rings. The molecule has 0 aromatic carbocycles. The summed E-state index contributed by atoms with van der Waals surface area (Å²) in [4.78, 5) is 5.81. The maximum atomic E-state index is 5.87. The van der Waals surface area contributed by atoms with E-state index in [9.17, 15) is 0 Å². The molecule has 0 bridgehead atoms. The lowest BCUT2D eigenvalue weighted by atomic mass is 9.77. The van der Waals surface area contributed by atoms with Gasteiger partial charge in [0.25, 0.3) is 0 Å². The molecule has 2 fully saturated rings. The van der Waals surface area contributed by atoms with Crippen molar-refractivity contribution in [2.45, 2.75) is 58.1 Å². The van der Waals surface area contributed by atoms with Gasteiger partial charge in [-0.05, 0) is 46.0 Å². The zero-order valence-corrected chi connectivity index (χ0v) is 12.8. The predicted molar refractivity (Wildman–Crippen MR) is 78.7 cm³/mol. The number of hydrogen-bond acceptors (Lipinski definition) is 4. The van der Waals surface area contributed by atoms with Crippen LogP contribution in [0.15, 0.2) is 5.51 Å². The van der Waals surface area contributed by atoms with E-state index in [0.717, 1.165) is 25.6 Å². The Morgan fingerprint density at radius 2 is 2.37 bits per heavy atom. The van der Waals surface area contributed by atoms with E-state index in [1.807, 2.05) is 5.51 Å². The largest absolute Gasteiger partial charge is 0.378 e. The zero-order valence-electron chi connectivity index (χ0n) is 11.9. The van der Waals surface area contributed by atoms with Crippen LogP contribution in [-0.2, 0) is 11.2 Å². The van der Waals surface area contributed by atoms with E-state index in [1.54, 1.807) is 11.3 Å². The fraction of sp³-hybridized carbons (Fsp3) is 0.800. The molecule has 1 aromatic heterocycles. The van der Waals surface area contributed by atoms with Crippen molar-refractivity contribution in [1.82, 2.24) is 10.3 Å². The van der Waals surface area contributed by atoms with Crippen LogP contribution in [0.3, 0.4) is 0 Å². The predicted octanol–water partition coefficient (Wildman–Crippen LogP) is 2.93.